The summed E-state index contributed by atoms with van der Waals surface area (Å²) in [5.41, 5.74) is 2.78. The summed E-state index contributed by atoms with van der Waals surface area (Å²) in [5.74, 6) is 0.648. The van der Waals surface area contributed by atoms with E-state index in [1.807, 2.05) is 11.3 Å². The summed E-state index contributed by atoms with van der Waals surface area (Å²) in [6.45, 7) is 1.13. The lowest BCUT2D eigenvalue weighted by molar-refractivity contribution is 0.500. The Balaban J connectivity index is 1.50. The zero-order valence-corrected chi connectivity index (χ0v) is 13.2. The molecule has 2 aliphatic carbocycles. The van der Waals surface area contributed by atoms with Crippen molar-refractivity contribution in [2.45, 2.75) is 50.5 Å². The van der Waals surface area contributed by atoms with E-state index >= 15 is 0 Å². The highest BCUT2D eigenvalue weighted by Crippen LogP contribution is 2.35. The van der Waals surface area contributed by atoms with Gasteiger partial charge >= 0.3 is 0 Å². The molecule has 3 heteroatoms. The van der Waals surface area contributed by atoms with Crippen LogP contribution in [-0.4, -0.2) is 17.6 Å². The minimum atomic E-state index is 0.648. The Bertz CT molecular complexity index is 601. The number of thiazole rings is 1. The highest BCUT2D eigenvalue weighted by atomic mass is 32.1. The molecule has 0 bridgehead atoms. The Morgan fingerprint density at radius 3 is 2.81 bits per heavy atom. The Labute approximate surface area is 130 Å². The van der Waals surface area contributed by atoms with Gasteiger partial charge in [-0.3, -0.25) is 0 Å². The summed E-state index contributed by atoms with van der Waals surface area (Å²) in [7, 11) is 0. The lowest BCUT2D eigenvalue weighted by Gasteiger charge is -2.21. The molecule has 1 aromatic heterocycles. The molecule has 1 heterocycles. The molecule has 110 valence electrons. The fourth-order valence-electron chi connectivity index (χ4n) is 3.20. The molecule has 1 unspecified atom stereocenters. The Morgan fingerprint density at radius 2 is 2.00 bits per heavy atom. The van der Waals surface area contributed by atoms with Gasteiger partial charge in [0.15, 0.2) is 0 Å². The second kappa shape index (κ2) is 5.90. The van der Waals surface area contributed by atoms with Gasteiger partial charge in [0.1, 0.15) is 0 Å². The van der Waals surface area contributed by atoms with E-state index in [1.54, 1.807) is 4.88 Å². The van der Waals surface area contributed by atoms with Crippen molar-refractivity contribution in [1.82, 2.24) is 10.3 Å². The average molecular weight is 298 g/mol. The first-order valence-electron chi connectivity index (χ1n) is 8.14. The third-order valence-corrected chi connectivity index (χ3v) is 5.67. The van der Waals surface area contributed by atoms with Crippen molar-refractivity contribution in [1.29, 1.82) is 0 Å². The van der Waals surface area contributed by atoms with Gasteiger partial charge in [0.05, 0.1) is 10.7 Å². The van der Waals surface area contributed by atoms with E-state index in [2.05, 4.69) is 35.6 Å². The van der Waals surface area contributed by atoms with Crippen LogP contribution in [0.2, 0.25) is 0 Å². The van der Waals surface area contributed by atoms with Gasteiger partial charge in [0.25, 0.3) is 0 Å². The number of aromatic nitrogens is 1. The van der Waals surface area contributed by atoms with Crippen LogP contribution >= 0.6 is 11.3 Å². The van der Waals surface area contributed by atoms with Crippen molar-refractivity contribution in [2.24, 2.45) is 0 Å². The molecule has 1 aromatic carbocycles. The van der Waals surface area contributed by atoms with E-state index in [4.69, 9.17) is 4.98 Å². The highest BCUT2D eigenvalue weighted by Gasteiger charge is 2.27. The molecule has 1 saturated carbocycles. The van der Waals surface area contributed by atoms with Gasteiger partial charge in [0, 0.05) is 29.8 Å². The van der Waals surface area contributed by atoms with Crippen LogP contribution in [-0.2, 0) is 12.8 Å². The molecule has 2 aliphatic rings. The van der Waals surface area contributed by atoms with Crippen LogP contribution in [0.3, 0.4) is 0 Å². The topological polar surface area (TPSA) is 24.9 Å². The van der Waals surface area contributed by atoms with Crippen molar-refractivity contribution in [3.8, 4) is 0 Å². The smallest absolute Gasteiger partial charge is 0.0975 e. The van der Waals surface area contributed by atoms with Gasteiger partial charge in [0.2, 0.25) is 0 Å². The van der Waals surface area contributed by atoms with E-state index in [-0.39, 0.29) is 0 Å². The number of rotatable bonds is 5. The van der Waals surface area contributed by atoms with E-state index < -0.39 is 0 Å². The number of hydrogen-bond acceptors (Lipinski definition) is 3. The lowest BCUT2D eigenvalue weighted by atomic mass is 9.91. The first kappa shape index (κ1) is 13.5. The van der Waals surface area contributed by atoms with Crippen molar-refractivity contribution in [2.75, 3.05) is 6.54 Å². The summed E-state index contributed by atoms with van der Waals surface area (Å²) in [4.78, 5) is 6.56. The lowest BCUT2D eigenvalue weighted by Crippen LogP contribution is -2.25. The van der Waals surface area contributed by atoms with Crippen LogP contribution in [0.5, 0.6) is 0 Å². The molecule has 1 atom stereocenters. The van der Waals surface area contributed by atoms with Gasteiger partial charge in [-0.1, -0.05) is 30.3 Å². The van der Waals surface area contributed by atoms with E-state index in [1.165, 1.54) is 48.4 Å². The maximum absolute atomic E-state index is 5.00. The van der Waals surface area contributed by atoms with Gasteiger partial charge in [-0.15, -0.1) is 11.3 Å². The monoisotopic (exact) mass is 298 g/mol. The van der Waals surface area contributed by atoms with Crippen LogP contribution < -0.4 is 5.32 Å². The maximum atomic E-state index is 5.00. The molecule has 0 amide bonds. The third-order valence-electron chi connectivity index (χ3n) is 4.54. The number of aryl methyl sites for hydroxylation is 1. The zero-order chi connectivity index (χ0) is 14.1. The zero-order valence-electron chi connectivity index (χ0n) is 12.3. The Kier molecular flexibility index (Phi) is 3.78. The summed E-state index contributed by atoms with van der Waals surface area (Å²) in [6.07, 6.45) is 7.60. The van der Waals surface area contributed by atoms with Crippen LogP contribution in [0.1, 0.15) is 52.7 Å². The molecular weight excluding hydrogens is 276 g/mol. The molecule has 0 radical (unpaired) electrons. The number of nitrogens with zero attached hydrogens (tertiary/aromatic N) is 1. The van der Waals surface area contributed by atoms with Crippen LogP contribution in [0, 0.1) is 0 Å². The predicted octanol–water partition coefficient (Wildman–Crippen LogP) is 3.91. The Hall–Kier alpha value is -1.19. The first-order valence-corrected chi connectivity index (χ1v) is 8.96. The van der Waals surface area contributed by atoms with Crippen molar-refractivity contribution < 1.29 is 0 Å². The molecule has 0 spiro atoms. The molecule has 1 N–H and O–H groups in total. The second-order valence-corrected chi connectivity index (χ2v) is 7.52. The second-order valence-electron chi connectivity index (χ2n) is 6.35. The largest absolute Gasteiger partial charge is 0.313 e. The van der Waals surface area contributed by atoms with Crippen LogP contribution in [0.25, 0.3) is 0 Å². The summed E-state index contributed by atoms with van der Waals surface area (Å²) in [5, 5.41) is 4.99. The summed E-state index contributed by atoms with van der Waals surface area (Å²) < 4.78 is 0. The van der Waals surface area contributed by atoms with E-state index in [9.17, 15) is 0 Å². The molecule has 1 fully saturated rings. The number of hydrogen-bond donors (Lipinski definition) is 1. The van der Waals surface area contributed by atoms with Gasteiger partial charge in [-0.05, 0) is 37.7 Å². The molecule has 2 aromatic rings. The highest BCUT2D eigenvalue weighted by molar-refractivity contribution is 7.11. The van der Waals surface area contributed by atoms with Gasteiger partial charge in [-0.25, -0.2) is 4.98 Å². The standard InChI is InChI=1S/C18H22N2S/c1-2-5-13(6-3-1)11-17-20-18-14(12-19-15-9-10-15)7-4-8-16(18)21-17/h1-3,5-6,14-15,19H,4,7-12H2. The first-order chi connectivity index (χ1) is 10.4. The molecule has 21 heavy (non-hydrogen) atoms. The molecule has 4 rings (SSSR count). The Morgan fingerprint density at radius 1 is 1.14 bits per heavy atom. The molecule has 0 aliphatic heterocycles. The SMILES string of the molecule is c1ccc(Cc2nc3c(s2)CCCC3CNC2CC2)cc1. The van der Waals surface area contributed by atoms with E-state index in [0.717, 1.165) is 19.0 Å². The van der Waals surface area contributed by atoms with Crippen molar-refractivity contribution >= 4 is 11.3 Å². The molecular formula is C18H22N2S. The van der Waals surface area contributed by atoms with Crippen molar-refractivity contribution in [3.05, 3.63) is 51.5 Å². The van der Waals surface area contributed by atoms with Crippen molar-refractivity contribution in [3.63, 3.8) is 0 Å². The fraction of sp³-hybridized carbons (Fsp3) is 0.500. The van der Waals surface area contributed by atoms with Crippen LogP contribution in [0.15, 0.2) is 30.3 Å². The van der Waals surface area contributed by atoms with E-state index in [0.29, 0.717) is 5.92 Å². The summed E-state index contributed by atoms with van der Waals surface area (Å²) in [6, 6.07) is 11.5. The van der Waals surface area contributed by atoms with Gasteiger partial charge in [-0.2, -0.15) is 0 Å². The predicted molar refractivity (Wildman–Crippen MR) is 88.1 cm³/mol. The average Bonchev–Trinajstić information content (AvgIpc) is 3.25. The maximum Gasteiger partial charge on any atom is 0.0975 e. The molecule has 2 nitrogen and oxygen atoms in total. The minimum absolute atomic E-state index is 0.648. The molecule has 0 saturated heterocycles. The fourth-order valence-corrected chi connectivity index (χ4v) is 4.43. The normalized spacial score (nSPS) is 21.2. The quantitative estimate of drug-likeness (QED) is 0.905. The number of benzene rings is 1. The van der Waals surface area contributed by atoms with Gasteiger partial charge < -0.3 is 5.32 Å². The van der Waals surface area contributed by atoms with Crippen LogP contribution in [0.4, 0.5) is 0 Å². The number of nitrogens with one attached hydrogen (secondary N) is 1. The minimum Gasteiger partial charge on any atom is -0.313 e. The number of fused-ring (bicyclic) bond motifs is 1. The third kappa shape index (κ3) is 3.19. The summed E-state index contributed by atoms with van der Waals surface area (Å²) >= 11 is 1.94.